The lowest BCUT2D eigenvalue weighted by Gasteiger charge is -2.06. The number of rotatable bonds is 21. The van der Waals surface area contributed by atoms with Gasteiger partial charge in [0.2, 0.25) is 0 Å². The van der Waals surface area contributed by atoms with Crippen LogP contribution in [0.4, 0.5) is 0 Å². The van der Waals surface area contributed by atoms with Gasteiger partial charge in [-0.05, 0) is 57.3 Å². The largest absolute Gasteiger partial charge is 0.466 e. The quantitative estimate of drug-likeness (QED) is 0.108. The Hall–Kier alpha value is -1.32. The summed E-state index contributed by atoms with van der Waals surface area (Å²) in [6.07, 6.45) is 20.6. The van der Waals surface area contributed by atoms with Gasteiger partial charge in [-0.3, -0.25) is 9.59 Å². The van der Waals surface area contributed by atoms with Crippen LogP contribution in [0.3, 0.4) is 0 Å². The van der Waals surface area contributed by atoms with Gasteiger partial charge in [0.1, 0.15) is 0 Å². The van der Waals surface area contributed by atoms with E-state index in [1.54, 1.807) is 0 Å². The van der Waals surface area contributed by atoms with Crippen LogP contribution in [0.5, 0.6) is 0 Å². The Kier molecular flexibility index (Phi) is 21.4. The first-order chi connectivity index (χ1) is 14.6. The van der Waals surface area contributed by atoms with E-state index in [1.807, 2.05) is 0 Å². The standard InChI is InChI=1S/C26H48O4/c1-4-5-6-7-8-11-14-17-22-29-25(27)20-15-12-9-10-13-16-21-26(28)30-23-18-19-24(2)3/h8,11,24H,4-7,9-10,12-23H2,1-3H3/b11-8+. The predicted octanol–water partition coefficient (Wildman–Crippen LogP) is 7.55. The smallest absolute Gasteiger partial charge is 0.305 e. The second kappa shape index (κ2) is 22.4. The normalized spacial score (nSPS) is 11.3. The third kappa shape index (κ3) is 23.0. The SMILES string of the molecule is CCCCC/C=C/CCCOC(=O)CCCCCCCCC(=O)OCCCC(C)C. The third-order valence-corrected chi connectivity index (χ3v) is 5.12. The van der Waals surface area contributed by atoms with Gasteiger partial charge in [-0.25, -0.2) is 0 Å². The second-order valence-electron chi connectivity index (χ2n) is 8.71. The van der Waals surface area contributed by atoms with Crippen molar-refractivity contribution < 1.29 is 19.1 Å². The van der Waals surface area contributed by atoms with Crippen LogP contribution in [-0.2, 0) is 19.1 Å². The predicted molar refractivity (Wildman–Crippen MR) is 125 cm³/mol. The van der Waals surface area contributed by atoms with Crippen molar-refractivity contribution >= 4 is 11.9 Å². The molecular formula is C26H48O4. The van der Waals surface area contributed by atoms with Crippen molar-refractivity contribution in [1.29, 1.82) is 0 Å². The lowest BCUT2D eigenvalue weighted by Crippen LogP contribution is -2.06. The number of ether oxygens (including phenoxy) is 2. The van der Waals surface area contributed by atoms with Gasteiger partial charge in [0.15, 0.2) is 0 Å². The lowest BCUT2D eigenvalue weighted by atomic mass is 10.1. The summed E-state index contributed by atoms with van der Waals surface area (Å²) in [7, 11) is 0. The zero-order valence-corrected chi connectivity index (χ0v) is 20.1. The number of hydrogen-bond donors (Lipinski definition) is 0. The zero-order chi connectivity index (χ0) is 22.3. The van der Waals surface area contributed by atoms with Crippen LogP contribution in [-0.4, -0.2) is 25.2 Å². The summed E-state index contributed by atoms with van der Waals surface area (Å²) in [6, 6.07) is 0. The van der Waals surface area contributed by atoms with E-state index >= 15 is 0 Å². The minimum Gasteiger partial charge on any atom is -0.466 e. The third-order valence-electron chi connectivity index (χ3n) is 5.12. The first kappa shape index (κ1) is 28.7. The van der Waals surface area contributed by atoms with E-state index in [9.17, 15) is 9.59 Å². The van der Waals surface area contributed by atoms with E-state index < -0.39 is 0 Å². The highest BCUT2D eigenvalue weighted by Gasteiger charge is 2.04. The molecule has 0 aromatic heterocycles. The van der Waals surface area contributed by atoms with Gasteiger partial charge in [0.05, 0.1) is 13.2 Å². The molecule has 0 aromatic carbocycles. The summed E-state index contributed by atoms with van der Waals surface area (Å²) in [4.78, 5) is 23.3. The van der Waals surface area contributed by atoms with Crippen molar-refractivity contribution in [3.8, 4) is 0 Å². The molecule has 0 atom stereocenters. The molecule has 0 saturated heterocycles. The molecule has 0 heterocycles. The van der Waals surface area contributed by atoms with E-state index in [1.165, 1.54) is 19.3 Å². The molecular weight excluding hydrogens is 376 g/mol. The first-order valence-electron chi connectivity index (χ1n) is 12.5. The van der Waals surface area contributed by atoms with Gasteiger partial charge in [0.25, 0.3) is 0 Å². The van der Waals surface area contributed by atoms with Gasteiger partial charge in [-0.15, -0.1) is 0 Å². The Morgan fingerprint density at radius 1 is 0.667 bits per heavy atom. The molecule has 30 heavy (non-hydrogen) atoms. The fraction of sp³-hybridized carbons (Fsp3) is 0.846. The topological polar surface area (TPSA) is 52.6 Å². The van der Waals surface area contributed by atoms with Crippen LogP contribution >= 0.6 is 0 Å². The molecule has 0 aliphatic rings. The maximum atomic E-state index is 11.7. The van der Waals surface area contributed by atoms with Gasteiger partial charge < -0.3 is 9.47 Å². The second-order valence-corrected chi connectivity index (χ2v) is 8.71. The van der Waals surface area contributed by atoms with Crippen molar-refractivity contribution in [2.75, 3.05) is 13.2 Å². The Balaban J connectivity index is 3.32. The van der Waals surface area contributed by atoms with Crippen LogP contribution in [0.15, 0.2) is 12.2 Å². The molecule has 0 rings (SSSR count). The van der Waals surface area contributed by atoms with Crippen LogP contribution in [0.1, 0.15) is 124 Å². The molecule has 4 nitrogen and oxygen atoms in total. The van der Waals surface area contributed by atoms with Gasteiger partial charge in [0, 0.05) is 12.8 Å². The lowest BCUT2D eigenvalue weighted by molar-refractivity contribution is -0.144. The molecule has 0 amide bonds. The molecule has 0 aliphatic carbocycles. The average molecular weight is 425 g/mol. The fourth-order valence-corrected chi connectivity index (χ4v) is 3.20. The van der Waals surface area contributed by atoms with Crippen LogP contribution < -0.4 is 0 Å². The minimum atomic E-state index is -0.0675. The Labute approximate surface area is 186 Å². The molecule has 0 N–H and O–H groups in total. The summed E-state index contributed by atoms with van der Waals surface area (Å²) in [6.45, 7) is 7.67. The highest BCUT2D eigenvalue weighted by molar-refractivity contribution is 5.69. The van der Waals surface area contributed by atoms with Crippen LogP contribution in [0, 0.1) is 5.92 Å². The number of esters is 2. The van der Waals surface area contributed by atoms with Crippen molar-refractivity contribution in [2.45, 2.75) is 124 Å². The number of allylic oxidation sites excluding steroid dienone is 2. The molecule has 0 radical (unpaired) electrons. The number of hydrogen-bond acceptors (Lipinski definition) is 4. The van der Waals surface area contributed by atoms with Crippen LogP contribution in [0.2, 0.25) is 0 Å². The van der Waals surface area contributed by atoms with Crippen LogP contribution in [0.25, 0.3) is 0 Å². The highest BCUT2D eigenvalue weighted by atomic mass is 16.5. The van der Waals surface area contributed by atoms with Crippen molar-refractivity contribution in [3.63, 3.8) is 0 Å². The van der Waals surface area contributed by atoms with Gasteiger partial charge in [-0.1, -0.05) is 71.4 Å². The first-order valence-corrected chi connectivity index (χ1v) is 12.5. The molecule has 0 fully saturated rings. The van der Waals surface area contributed by atoms with Gasteiger partial charge >= 0.3 is 11.9 Å². The van der Waals surface area contributed by atoms with E-state index in [4.69, 9.17) is 9.47 Å². The molecule has 4 heteroatoms. The van der Waals surface area contributed by atoms with Gasteiger partial charge in [-0.2, -0.15) is 0 Å². The van der Waals surface area contributed by atoms with E-state index in [-0.39, 0.29) is 11.9 Å². The monoisotopic (exact) mass is 424 g/mol. The summed E-state index contributed by atoms with van der Waals surface area (Å²) < 4.78 is 10.5. The molecule has 0 saturated carbocycles. The molecule has 176 valence electrons. The Morgan fingerprint density at radius 2 is 1.17 bits per heavy atom. The summed E-state index contributed by atoms with van der Waals surface area (Å²) in [5, 5.41) is 0. The molecule has 0 aromatic rings. The molecule has 0 unspecified atom stereocenters. The molecule has 0 aliphatic heterocycles. The maximum absolute atomic E-state index is 11.7. The van der Waals surface area contributed by atoms with E-state index in [2.05, 4.69) is 32.9 Å². The highest BCUT2D eigenvalue weighted by Crippen LogP contribution is 2.10. The van der Waals surface area contributed by atoms with Crippen molar-refractivity contribution in [1.82, 2.24) is 0 Å². The Morgan fingerprint density at radius 3 is 1.70 bits per heavy atom. The summed E-state index contributed by atoms with van der Waals surface area (Å²) in [5.74, 6) is 0.536. The maximum Gasteiger partial charge on any atom is 0.305 e. The number of carbonyl (C=O) groups excluding carboxylic acids is 2. The van der Waals surface area contributed by atoms with Crippen molar-refractivity contribution in [3.05, 3.63) is 12.2 Å². The number of unbranched alkanes of at least 4 members (excludes halogenated alkanes) is 9. The minimum absolute atomic E-state index is 0.0616. The number of carbonyl (C=O) groups is 2. The van der Waals surface area contributed by atoms with E-state index in [0.717, 1.165) is 70.6 Å². The summed E-state index contributed by atoms with van der Waals surface area (Å²) >= 11 is 0. The molecule has 0 bridgehead atoms. The summed E-state index contributed by atoms with van der Waals surface area (Å²) in [5.41, 5.74) is 0. The van der Waals surface area contributed by atoms with Crippen molar-refractivity contribution in [2.24, 2.45) is 5.92 Å². The fourth-order valence-electron chi connectivity index (χ4n) is 3.20. The Bertz CT molecular complexity index is 429. The molecule has 0 spiro atoms. The van der Waals surface area contributed by atoms with E-state index in [0.29, 0.717) is 32.0 Å². The average Bonchev–Trinajstić information content (AvgIpc) is 2.71. The zero-order valence-electron chi connectivity index (χ0n) is 20.1.